The van der Waals surface area contributed by atoms with Gasteiger partial charge in [-0.25, -0.2) is 4.39 Å². The molecule has 100 valence electrons. The van der Waals surface area contributed by atoms with Crippen molar-refractivity contribution in [3.05, 3.63) is 35.6 Å². The highest BCUT2D eigenvalue weighted by atomic mass is 19.1. The van der Waals surface area contributed by atoms with Gasteiger partial charge in [0.25, 0.3) is 0 Å². The first kappa shape index (κ1) is 14.6. The molecule has 0 bridgehead atoms. The number of halogens is 1. The first-order chi connectivity index (χ1) is 8.32. The molecule has 0 aliphatic rings. The van der Waals surface area contributed by atoms with E-state index in [1.807, 2.05) is 20.8 Å². The third kappa shape index (κ3) is 4.45. The Hall–Kier alpha value is -1.42. The lowest BCUT2D eigenvalue weighted by molar-refractivity contribution is -0.121. The van der Waals surface area contributed by atoms with Crippen LogP contribution >= 0.6 is 0 Å². The zero-order valence-electron chi connectivity index (χ0n) is 11.2. The molecule has 0 heterocycles. The molecule has 1 aromatic rings. The first-order valence-corrected chi connectivity index (χ1v) is 6.07. The smallest absolute Gasteiger partial charge is 0.224 e. The molecule has 0 saturated heterocycles. The molecule has 1 amide bonds. The van der Waals surface area contributed by atoms with Crippen LogP contribution in [-0.4, -0.2) is 18.5 Å². The number of nitrogens with one attached hydrogen (secondary N) is 1. The zero-order valence-corrected chi connectivity index (χ0v) is 11.2. The SMILES string of the molecule is CC(C)(C)C(CN)NC(=O)Cc1ccc(F)cc1. The Kier molecular flexibility index (Phi) is 4.84. The van der Waals surface area contributed by atoms with Crippen LogP contribution in [0.4, 0.5) is 4.39 Å². The number of benzene rings is 1. The van der Waals surface area contributed by atoms with Gasteiger partial charge >= 0.3 is 0 Å². The van der Waals surface area contributed by atoms with E-state index in [9.17, 15) is 9.18 Å². The van der Waals surface area contributed by atoms with Crippen LogP contribution in [0.3, 0.4) is 0 Å². The van der Waals surface area contributed by atoms with Crippen molar-refractivity contribution in [2.75, 3.05) is 6.54 Å². The fourth-order valence-electron chi connectivity index (χ4n) is 1.66. The van der Waals surface area contributed by atoms with Crippen molar-refractivity contribution < 1.29 is 9.18 Å². The summed E-state index contributed by atoms with van der Waals surface area (Å²) in [6, 6.07) is 5.87. The molecular weight excluding hydrogens is 231 g/mol. The molecular formula is C14H21FN2O. The van der Waals surface area contributed by atoms with Crippen LogP contribution < -0.4 is 11.1 Å². The molecule has 0 saturated carbocycles. The third-order valence-electron chi connectivity index (χ3n) is 2.89. The van der Waals surface area contributed by atoms with Crippen molar-refractivity contribution in [1.29, 1.82) is 0 Å². The highest BCUT2D eigenvalue weighted by molar-refractivity contribution is 5.78. The van der Waals surface area contributed by atoms with Gasteiger partial charge in [0.15, 0.2) is 0 Å². The summed E-state index contributed by atoms with van der Waals surface area (Å²) in [6.07, 6.45) is 0.243. The van der Waals surface area contributed by atoms with Gasteiger partial charge in [-0.15, -0.1) is 0 Å². The second kappa shape index (κ2) is 5.96. The van der Waals surface area contributed by atoms with E-state index in [1.54, 1.807) is 12.1 Å². The Morgan fingerprint density at radius 3 is 2.33 bits per heavy atom. The maximum atomic E-state index is 12.7. The molecule has 4 heteroatoms. The molecule has 1 aromatic carbocycles. The average Bonchev–Trinajstić information content (AvgIpc) is 2.27. The summed E-state index contributed by atoms with van der Waals surface area (Å²) in [7, 11) is 0. The second-order valence-electron chi connectivity index (χ2n) is 5.53. The molecule has 0 aliphatic heterocycles. The van der Waals surface area contributed by atoms with Crippen LogP contribution in [0, 0.1) is 11.2 Å². The third-order valence-corrected chi connectivity index (χ3v) is 2.89. The van der Waals surface area contributed by atoms with Gasteiger partial charge in [0.2, 0.25) is 5.91 Å². The van der Waals surface area contributed by atoms with Crippen molar-refractivity contribution in [3.8, 4) is 0 Å². The summed E-state index contributed by atoms with van der Waals surface area (Å²) in [6.45, 7) is 6.49. The van der Waals surface area contributed by atoms with E-state index in [-0.39, 0.29) is 29.6 Å². The lowest BCUT2D eigenvalue weighted by Crippen LogP contribution is -2.48. The average molecular weight is 252 g/mol. The van der Waals surface area contributed by atoms with Gasteiger partial charge < -0.3 is 11.1 Å². The topological polar surface area (TPSA) is 55.1 Å². The Morgan fingerprint density at radius 1 is 1.33 bits per heavy atom. The minimum Gasteiger partial charge on any atom is -0.351 e. The van der Waals surface area contributed by atoms with Crippen LogP contribution in [0.25, 0.3) is 0 Å². The first-order valence-electron chi connectivity index (χ1n) is 6.07. The molecule has 1 rings (SSSR count). The van der Waals surface area contributed by atoms with E-state index in [0.29, 0.717) is 6.54 Å². The summed E-state index contributed by atoms with van der Waals surface area (Å²) in [5.41, 5.74) is 6.37. The molecule has 0 fully saturated rings. The molecule has 0 aromatic heterocycles. The second-order valence-corrected chi connectivity index (χ2v) is 5.53. The van der Waals surface area contributed by atoms with Gasteiger partial charge in [0, 0.05) is 12.6 Å². The minimum absolute atomic E-state index is 0.0644. The minimum atomic E-state index is -0.298. The zero-order chi connectivity index (χ0) is 13.8. The lowest BCUT2D eigenvalue weighted by Gasteiger charge is -2.30. The van der Waals surface area contributed by atoms with Crippen LogP contribution in [0.2, 0.25) is 0 Å². The van der Waals surface area contributed by atoms with Crippen molar-refractivity contribution in [3.63, 3.8) is 0 Å². The van der Waals surface area contributed by atoms with Crippen LogP contribution in [0.15, 0.2) is 24.3 Å². The van der Waals surface area contributed by atoms with Crippen molar-refractivity contribution >= 4 is 5.91 Å². The number of carbonyl (C=O) groups excluding carboxylic acids is 1. The van der Waals surface area contributed by atoms with Crippen LogP contribution in [-0.2, 0) is 11.2 Å². The van der Waals surface area contributed by atoms with Gasteiger partial charge in [0.1, 0.15) is 5.82 Å². The number of hydrogen-bond donors (Lipinski definition) is 2. The number of nitrogens with two attached hydrogens (primary N) is 1. The number of amides is 1. The Balaban J connectivity index is 2.58. The predicted octanol–water partition coefficient (Wildman–Crippen LogP) is 1.86. The van der Waals surface area contributed by atoms with Crippen molar-refractivity contribution in [1.82, 2.24) is 5.32 Å². The fraction of sp³-hybridized carbons (Fsp3) is 0.500. The Bertz CT molecular complexity index is 395. The lowest BCUT2D eigenvalue weighted by atomic mass is 9.86. The summed E-state index contributed by atoms with van der Waals surface area (Å²) in [5.74, 6) is -0.388. The monoisotopic (exact) mass is 252 g/mol. The van der Waals surface area contributed by atoms with E-state index in [2.05, 4.69) is 5.32 Å². The quantitative estimate of drug-likeness (QED) is 0.859. The van der Waals surface area contributed by atoms with Gasteiger partial charge in [-0.2, -0.15) is 0 Å². The van der Waals surface area contributed by atoms with Crippen molar-refractivity contribution in [2.45, 2.75) is 33.2 Å². The number of rotatable bonds is 4. The Labute approximate surface area is 108 Å². The molecule has 0 spiro atoms. The van der Waals surface area contributed by atoms with Crippen LogP contribution in [0.1, 0.15) is 26.3 Å². The highest BCUT2D eigenvalue weighted by Crippen LogP contribution is 2.18. The molecule has 18 heavy (non-hydrogen) atoms. The maximum Gasteiger partial charge on any atom is 0.224 e. The van der Waals surface area contributed by atoms with E-state index >= 15 is 0 Å². The van der Waals surface area contributed by atoms with Gasteiger partial charge in [-0.1, -0.05) is 32.9 Å². The molecule has 0 aliphatic carbocycles. The highest BCUT2D eigenvalue weighted by Gasteiger charge is 2.24. The van der Waals surface area contributed by atoms with Crippen LogP contribution in [0.5, 0.6) is 0 Å². The summed E-state index contributed by atoms with van der Waals surface area (Å²) in [5, 5.41) is 2.91. The van der Waals surface area contributed by atoms with E-state index in [0.717, 1.165) is 5.56 Å². The van der Waals surface area contributed by atoms with Crippen molar-refractivity contribution in [2.24, 2.45) is 11.1 Å². The predicted molar refractivity (Wildman–Crippen MR) is 70.5 cm³/mol. The molecule has 3 N–H and O–H groups in total. The molecule has 1 unspecified atom stereocenters. The normalized spacial score (nSPS) is 13.2. The summed E-state index contributed by atoms with van der Waals surface area (Å²) in [4.78, 5) is 11.9. The van der Waals surface area contributed by atoms with Gasteiger partial charge in [0.05, 0.1) is 6.42 Å². The standard InChI is InChI=1S/C14H21FN2O/c1-14(2,3)12(9-16)17-13(18)8-10-4-6-11(15)7-5-10/h4-7,12H,8-9,16H2,1-3H3,(H,17,18). The summed E-state index contributed by atoms with van der Waals surface area (Å²) >= 11 is 0. The van der Waals surface area contributed by atoms with E-state index < -0.39 is 0 Å². The molecule has 1 atom stereocenters. The molecule has 0 radical (unpaired) electrons. The fourth-order valence-corrected chi connectivity index (χ4v) is 1.66. The number of hydrogen-bond acceptors (Lipinski definition) is 2. The Morgan fingerprint density at radius 2 is 1.89 bits per heavy atom. The van der Waals surface area contributed by atoms with E-state index in [1.165, 1.54) is 12.1 Å². The van der Waals surface area contributed by atoms with Gasteiger partial charge in [-0.3, -0.25) is 4.79 Å². The summed E-state index contributed by atoms with van der Waals surface area (Å²) < 4.78 is 12.7. The molecule has 3 nitrogen and oxygen atoms in total. The number of carbonyl (C=O) groups is 1. The van der Waals surface area contributed by atoms with E-state index in [4.69, 9.17) is 5.73 Å². The largest absolute Gasteiger partial charge is 0.351 e. The van der Waals surface area contributed by atoms with Gasteiger partial charge in [-0.05, 0) is 23.1 Å². The maximum absolute atomic E-state index is 12.7.